The zero-order valence-corrected chi connectivity index (χ0v) is 13.2. The molecule has 0 amide bonds. The number of piperidine rings is 1. The molecule has 8 heteroatoms. The van der Waals surface area contributed by atoms with E-state index in [2.05, 4.69) is 4.98 Å². The number of carbonyl (C=O) groups is 1. The average Bonchev–Trinajstić information content (AvgIpc) is 2.97. The molecule has 1 atom stereocenters. The number of nitro groups is 1. The largest absolute Gasteiger partial charge is 0.406 e. The summed E-state index contributed by atoms with van der Waals surface area (Å²) in [5.74, 6) is -0.519. The fourth-order valence-corrected chi connectivity index (χ4v) is 3.14. The van der Waals surface area contributed by atoms with Gasteiger partial charge >= 0.3 is 5.82 Å². The summed E-state index contributed by atoms with van der Waals surface area (Å²) in [6, 6.07) is 5.48. The van der Waals surface area contributed by atoms with Crippen LogP contribution in [0.3, 0.4) is 0 Å². The van der Waals surface area contributed by atoms with Crippen molar-refractivity contribution in [3.05, 3.63) is 52.1 Å². The molecule has 1 saturated heterocycles. The highest BCUT2D eigenvalue weighted by Crippen LogP contribution is 2.31. The molecule has 24 heavy (non-hydrogen) atoms. The van der Waals surface area contributed by atoms with Crippen molar-refractivity contribution < 1.29 is 14.1 Å². The number of hydrogen-bond acceptors (Lipinski definition) is 5. The average molecular weight is 332 g/mol. The van der Waals surface area contributed by atoms with Crippen molar-refractivity contribution in [2.45, 2.75) is 12.8 Å². The van der Waals surface area contributed by atoms with Crippen molar-refractivity contribution in [3.63, 3.8) is 0 Å². The topological polar surface area (TPSA) is 81.3 Å². The maximum Gasteiger partial charge on any atom is 0.406 e. The van der Waals surface area contributed by atoms with Gasteiger partial charge in [0.15, 0.2) is 5.78 Å². The van der Waals surface area contributed by atoms with E-state index in [0.717, 1.165) is 6.42 Å². The van der Waals surface area contributed by atoms with Gasteiger partial charge in [-0.05, 0) is 47.0 Å². The molecule has 7 nitrogen and oxygen atoms in total. The van der Waals surface area contributed by atoms with Crippen LogP contribution < -0.4 is 4.90 Å². The molecule has 0 bridgehead atoms. The smallest absolute Gasteiger partial charge is 0.358 e. The number of benzene rings is 1. The first-order valence-electron chi connectivity index (χ1n) is 7.68. The molecule has 1 aliphatic heterocycles. The molecular weight excluding hydrogens is 315 g/mol. The van der Waals surface area contributed by atoms with Crippen LogP contribution in [-0.4, -0.2) is 33.3 Å². The van der Waals surface area contributed by atoms with Crippen molar-refractivity contribution in [1.82, 2.24) is 9.55 Å². The van der Waals surface area contributed by atoms with E-state index in [1.54, 1.807) is 11.6 Å². The highest BCUT2D eigenvalue weighted by Gasteiger charge is 2.32. The van der Waals surface area contributed by atoms with E-state index in [9.17, 15) is 19.3 Å². The van der Waals surface area contributed by atoms with E-state index in [4.69, 9.17) is 0 Å². The molecule has 0 saturated carbocycles. The van der Waals surface area contributed by atoms with E-state index < -0.39 is 4.92 Å². The van der Waals surface area contributed by atoms with Gasteiger partial charge in [-0.15, -0.1) is 0 Å². The number of ketones is 1. The third kappa shape index (κ3) is 2.99. The van der Waals surface area contributed by atoms with E-state index >= 15 is 0 Å². The Morgan fingerprint density at radius 3 is 2.75 bits per heavy atom. The second kappa shape index (κ2) is 6.38. The predicted molar refractivity (Wildman–Crippen MR) is 85.5 cm³/mol. The SMILES string of the molecule is Cn1cnc([N+](=O)[O-])c1N1CCC[C@@H](C(=O)c2ccc(F)cc2)C1. The summed E-state index contributed by atoms with van der Waals surface area (Å²) in [4.78, 5) is 28.9. The number of hydrogen-bond donors (Lipinski definition) is 0. The lowest BCUT2D eigenvalue weighted by atomic mass is 9.90. The zero-order valence-electron chi connectivity index (χ0n) is 13.2. The minimum absolute atomic E-state index is 0.0653. The molecule has 1 fully saturated rings. The Morgan fingerprint density at radius 1 is 1.38 bits per heavy atom. The van der Waals surface area contributed by atoms with Gasteiger partial charge in [0.05, 0.1) is 0 Å². The number of nitrogens with zero attached hydrogens (tertiary/aromatic N) is 4. The van der Waals surface area contributed by atoms with Gasteiger partial charge in [0.2, 0.25) is 12.1 Å². The number of halogens is 1. The molecule has 0 spiro atoms. The van der Waals surface area contributed by atoms with Crippen LogP contribution in [0, 0.1) is 21.8 Å². The summed E-state index contributed by atoms with van der Waals surface area (Å²) in [5.41, 5.74) is 0.461. The molecule has 1 aromatic carbocycles. The Morgan fingerprint density at radius 2 is 2.08 bits per heavy atom. The predicted octanol–water partition coefficient (Wildman–Crippen LogP) is 2.57. The highest BCUT2D eigenvalue weighted by atomic mass is 19.1. The van der Waals surface area contributed by atoms with Crippen molar-refractivity contribution in [2.24, 2.45) is 13.0 Å². The molecule has 2 heterocycles. The fraction of sp³-hybridized carbons (Fsp3) is 0.375. The van der Waals surface area contributed by atoms with E-state index in [0.29, 0.717) is 30.9 Å². The molecule has 1 aliphatic rings. The van der Waals surface area contributed by atoms with Crippen LogP contribution in [0.1, 0.15) is 23.2 Å². The van der Waals surface area contributed by atoms with Crippen LogP contribution in [0.5, 0.6) is 0 Å². The normalized spacial score (nSPS) is 17.8. The standard InChI is InChI=1S/C16H17FN4O3/c1-19-10-18-15(21(23)24)16(19)20-8-2-3-12(9-20)14(22)11-4-6-13(17)7-5-11/h4-7,10,12H,2-3,8-9H2,1H3/t12-/m1/s1. The van der Waals surface area contributed by atoms with Crippen molar-refractivity contribution >= 4 is 17.4 Å². The fourth-order valence-electron chi connectivity index (χ4n) is 3.14. The minimum Gasteiger partial charge on any atom is -0.358 e. The van der Waals surface area contributed by atoms with Crippen molar-refractivity contribution in [1.29, 1.82) is 0 Å². The summed E-state index contributed by atoms with van der Waals surface area (Å²) in [7, 11) is 1.70. The molecule has 2 aromatic rings. The molecule has 0 radical (unpaired) electrons. The Kier molecular flexibility index (Phi) is 4.28. The second-order valence-electron chi connectivity index (χ2n) is 5.92. The number of imidazole rings is 1. The Balaban J connectivity index is 1.82. The summed E-state index contributed by atoms with van der Waals surface area (Å²) in [6.45, 7) is 1.02. The number of carbonyl (C=O) groups excluding carboxylic acids is 1. The summed E-state index contributed by atoms with van der Waals surface area (Å²) in [6.07, 6.45) is 2.86. The van der Waals surface area contributed by atoms with Gasteiger partial charge in [0.1, 0.15) is 5.82 Å². The Bertz CT molecular complexity index is 772. The van der Waals surface area contributed by atoms with Gasteiger partial charge in [-0.1, -0.05) is 0 Å². The summed E-state index contributed by atoms with van der Waals surface area (Å²) >= 11 is 0. The first-order chi connectivity index (χ1) is 11.5. The number of Topliss-reactive ketones (excluding diaryl/α,β-unsaturated/α-hetero) is 1. The molecule has 126 valence electrons. The zero-order chi connectivity index (χ0) is 17.3. The van der Waals surface area contributed by atoms with Gasteiger partial charge in [0, 0.05) is 31.6 Å². The Labute approximate surface area is 137 Å². The van der Waals surface area contributed by atoms with Gasteiger partial charge < -0.3 is 15.0 Å². The lowest BCUT2D eigenvalue weighted by Crippen LogP contribution is -2.39. The number of anilines is 1. The van der Waals surface area contributed by atoms with Crippen molar-refractivity contribution in [2.75, 3.05) is 18.0 Å². The lowest BCUT2D eigenvalue weighted by molar-refractivity contribution is -0.388. The van der Waals surface area contributed by atoms with E-state index in [-0.39, 0.29) is 23.3 Å². The molecule has 0 unspecified atom stereocenters. The van der Waals surface area contributed by atoms with Crippen LogP contribution in [0.15, 0.2) is 30.6 Å². The lowest BCUT2D eigenvalue weighted by Gasteiger charge is -2.32. The molecule has 1 aromatic heterocycles. The maximum absolute atomic E-state index is 13.0. The van der Waals surface area contributed by atoms with Crippen LogP contribution in [0.2, 0.25) is 0 Å². The van der Waals surface area contributed by atoms with E-state index in [1.165, 1.54) is 30.6 Å². The summed E-state index contributed by atoms with van der Waals surface area (Å²) in [5, 5.41) is 11.1. The van der Waals surface area contributed by atoms with Gasteiger partial charge in [-0.25, -0.2) is 4.39 Å². The van der Waals surface area contributed by atoms with Gasteiger partial charge in [-0.3, -0.25) is 9.36 Å². The first-order valence-corrected chi connectivity index (χ1v) is 7.68. The first kappa shape index (κ1) is 16.1. The number of rotatable bonds is 4. The second-order valence-corrected chi connectivity index (χ2v) is 5.92. The molecular formula is C16H17FN4O3. The van der Waals surface area contributed by atoms with Crippen LogP contribution in [0.4, 0.5) is 16.0 Å². The van der Waals surface area contributed by atoms with Gasteiger partial charge in [-0.2, -0.15) is 0 Å². The maximum atomic E-state index is 13.0. The summed E-state index contributed by atoms with van der Waals surface area (Å²) < 4.78 is 14.6. The highest BCUT2D eigenvalue weighted by molar-refractivity contribution is 5.98. The van der Waals surface area contributed by atoms with Crippen molar-refractivity contribution in [3.8, 4) is 0 Å². The quantitative estimate of drug-likeness (QED) is 0.488. The number of aryl methyl sites for hydroxylation is 1. The van der Waals surface area contributed by atoms with E-state index in [1.807, 2.05) is 4.90 Å². The minimum atomic E-state index is -0.513. The third-order valence-corrected chi connectivity index (χ3v) is 4.28. The number of aromatic nitrogens is 2. The van der Waals surface area contributed by atoms with Crippen LogP contribution >= 0.6 is 0 Å². The molecule has 0 N–H and O–H groups in total. The van der Waals surface area contributed by atoms with Gasteiger partial charge in [0.25, 0.3) is 0 Å². The molecule has 0 aliphatic carbocycles. The third-order valence-electron chi connectivity index (χ3n) is 4.28. The monoisotopic (exact) mass is 332 g/mol. The van der Waals surface area contributed by atoms with Crippen LogP contribution in [-0.2, 0) is 7.05 Å². The van der Waals surface area contributed by atoms with Crippen LogP contribution in [0.25, 0.3) is 0 Å². The molecule has 3 rings (SSSR count). The Hall–Kier alpha value is -2.77.